The highest BCUT2D eigenvalue weighted by Crippen LogP contribution is 2.20. The summed E-state index contributed by atoms with van der Waals surface area (Å²) in [6, 6.07) is 8.01. The van der Waals surface area contributed by atoms with Gasteiger partial charge in [0.15, 0.2) is 6.29 Å². The van der Waals surface area contributed by atoms with Crippen LogP contribution in [0.15, 0.2) is 24.3 Å². The first-order valence-corrected chi connectivity index (χ1v) is 4.24. The molecule has 2 heteroatoms. The fourth-order valence-corrected chi connectivity index (χ4v) is 1.64. The monoisotopic (exact) mass is 173 g/mol. The van der Waals surface area contributed by atoms with Crippen molar-refractivity contribution in [1.82, 2.24) is 4.57 Å². The maximum atomic E-state index is 10.7. The maximum Gasteiger partial charge on any atom is 0.166 e. The lowest BCUT2D eigenvalue weighted by molar-refractivity contribution is 0.111. The minimum atomic E-state index is 0.726. The summed E-state index contributed by atoms with van der Waals surface area (Å²) in [6.07, 6.45) is 0.888. The zero-order valence-corrected chi connectivity index (χ0v) is 7.74. The van der Waals surface area contributed by atoms with Gasteiger partial charge in [0.2, 0.25) is 0 Å². The summed E-state index contributed by atoms with van der Waals surface area (Å²) in [5.74, 6) is 0. The number of hydrogen-bond donors (Lipinski definition) is 0. The van der Waals surface area contributed by atoms with Crippen LogP contribution >= 0.6 is 0 Å². The average molecular weight is 173 g/mol. The Labute approximate surface area is 76.8 Å². The van der Waals surface area contributed by atoms with E-state index < -0.39 is 0 Å². The first kappa shape index (κ1) is 8.05. The van der Waals surface area contributed by atoms with E-state index in [1.807, 2.05) is 29.8 Å². The molecule has 2 rings (SSSR count). The molecule has 1 aromatic heterocycles. The van der Waals surface area contributed by atoms with E-state index in [9.17, 15) is 4.79 Å². The van der Waals surface area contributed by atoms with Crippen molar-refractivity contribution in [2.75, 3.05) is 0 Å². The van der Waals surface area contributed by atoms with Crippen molar-refractivity contribution in [3.63, 3.8) is 0 Å². The van der Waals surface area contributed by atoms with Gasteiger partial charge < -0.3 is 4.57 Å². The Balaban J connectivity index is 2.91. The number of rotatable bonds is 1. The smallest absolute Gasteiger partial charge is 0.166 e. The molecule has 0 radical (unpaired) electrons. The van der Waals surface area contributed by atoms with Crippen LogP contribution in [0.2, 0.25) is 0 Å². The molecule has 66 valence electrons. The second kappa shape index (κ2) is 2.73. The minimum Gasteiger partial charge on any atom is -0.341 e. The number of aldehydes is 1. The molecule has 0 saturated carbocycles. The van der Waals surface area contributed by atoms with Crippen molar-refractivity contribution >= 4 is 17.2 Å². The van der Waals surface area contributed by atoms with Crippen LogP contribution in [0.3, 0.4) is 0 Å². The van der Waals surface area contributed by atoms with Gasteiger partial charge in [0, 0.05) is 18.0 Å². The highest BCUT2D eigenvalue weighted by atomic mass is 16.1. The first-order valence-electron chi connectivity index (χ1n) is 4.24. The van der Waals surface area contributed by atoms with Crippen LogP contribution in [-0.4, -0.2) is 10.9 Å². The van der Waals surface area contributed by atoms with Crippen molar-refractivity contribution < 1.29 is 4.79 Å². The highest BCUT2D eigenvalue weighted by Gasteiger charge is 2.05. The van der Waals surface area contributed by atoms with E-state index in [0.29, 0.717) is 0 Å². The number of aromatic nitrogens is 1. The van der Waals surface area contributed by atoms with E-state index in [-0.39, 0.29) is 0 Å². The molecular formula is C11H11NO. The van der Waals surface area contributed by atoms with E-state index in [2.05, 4.69) is 13.0 Å². The molecule has 0 bridgehead atoms. The van der Waals surface area contributed by atoms with Gasteiger partial charge in [0.1, 0.15) is 0 Å². The van der Waals surface area contributed by atoms with Crippen LogP contribution in [-0.2, 0) is 7.05 Å². The molecule has 0 aliphatic carbocycles. The lowest BCUT2D eigenvalue weighted by atomic mass is 10.1. The molecule has 1 heterocycles. The zero-order chi connectivity index (χ0) is 9.42. The van der Waals surface area contributed by atoms with Gasteiger partial charge in [-0.2, -0.15) is 0 Å². The second-order valence-electron chi connectivity index (χ2n) is 3.25. The molecular weight excluding hydrogens is 162 g/mol. The Hall–Kier alpha value is -1.57. The van der Waals surface area contributed by atoms with Crippen molar-refractivity contribution in [3.8, 4) is 0 Å². The number of carbonyl (C=O) groups excluding carboxylic acids is 1. The number of benzene rings is 1. The largest absolute Gasteiger partial charge is 0.341 e. The third kappa shape index (κ3) is 1.06. The fraction of sp³-hybridized carbons (Fsp3) is 0.182. The summed E-state index contributed by atoms with van der Waals surface area (Å²) in [6.45, 7) is 2.05. The van der Waals surface area contributed by atoms with Crippen LogP contribution in [0.5, 0.6) is 0 Å². The van der Waals surface area contributed by atoms with Crippen LogP contribution in [0.25, 0.3) is 10.9 Å². The van der Waals surface area contributed by atoms with Crippen LogP contribution in [0.1, 0.15) is 16.1 Å². The Kier molecular flexibility index (Phi) is 1.69. The minimum absolute atomic E-state index is 0.726. The predicted molar refractivity (Wildman–Crippen MR) is 53.0 cm³/mol. The molecule has 0 amide bonds. The molecule has 0 atom stereocenters. The summed E-state index contributed by atoms with van der Waals surface area (Å²) >= 11 is 0. The fourth-order valence-electron chi connectivity index (χ4n) is 1.64. The van der Waals surface area contributed by atoms with E-state index in [1.165, 1.54) is 5.56 Å². The summed E-state index contributed by atoms with van der Waals surface area (Å²) in [5.41, 5.74) is 3.05. The highest BCUT2D eigenvalue weighted by molar-refractivity contribution is 5.90. The molecule has 0 aliphatic rings. The standard InChI is InChI=1S/C11H11NO/c1-8-4-3-5-11-10(8)6-9(7-13)12(11)2/h3-7H,1-2H3. The van der Waals surface area contributed by atoms with Crippen LogP contribution < -0.4 is 0 Å². The molecule has 2 aromatic rings. The molecule has 0 N–H and O–H groups in total. The first-order chi connectivity index (χ1) is 6.24. The number of hydrogen-bond acceptors (Lipinski definition) is 1. The number of aryl methyl sites for hydroxylation is 2. The number of nitrogens with zero attached hydrogens (tertiary/aromatic N) is 1. The summed E-state index contributed by atoms with van der Waals surface area (Å²) in [4.78, 5) is 10.7. The van der Waals surface area contributed by atoms with Gasteiger partial charge in [-0.3, -0.25) is 4.79 Å². The van der Waals surface area contributed by atoms with Gasteiger partial charge in [-0.15, -0.1) is 0 Å². The molecule has 0 saturated heterocycles. The predicted octanol–water partition coefficient (Wildman–Crippen LogP) is 2.30. The van der Waals surface area contributed by atoms with Crippen molar-refractivity contribution in [2.45, 2.75) is 6.92 Å². The van der Waals surface area contributed by atoms with Crippen molar-refractivity contribution in [3.05, 3.63) is 35.5 Å². The third-order valence-electron chi connectivity index (χ3n) is 2.46. The van der Waals surface area contributed by atoms with Crippen LogP contribution in [0.4, 0.5) is 0 Å². The van der Waals surface area contributed by atoms with Gasteiger partial charge in [-0.1, -0.05) is 12.1 Å². The molecule has 1 aromatic carbocycles. The van der Waals surface area contributed by atoms with Crippen LogP contribution in [0, 0.1) is 6.92 Å². The lowest BCUT2D eigenvalue weighted by Gasteiger charge is -1.98. The van der Waals surface area contributed by atoms with Gasteiger partial charge >= 0.3 is 0 Å². The molecule has 0 spiro atoms. The quantitative estimate of drug-likeness (QED) is 0.606. The zero-order valence-electron chi connectivity index (χ0n) is 7.74. The van der Waals surface area contributed by atoms with Crippen molar-refractivity contribution in [1.29, 1.82) is 0 Å². The second-order valence-corrected chi connectivity index (χ2v) is 3.25. The van der Waals surface area contributed by atoms with E-state index in [1.54, 1.807) is 0 Å². The average Bonchev–Trinajstić information content (AvgIpc) is 2.45. The Morgan fingerprint density at radius 2 is 2.15 bits per heavy atom. The van der Waals surface area contributed by atoms with E-state index in [4.69, 9.17) is 0 Å². The van der Waals surface area contributed by atoms with Gasteiger partial charge in [0.25, 0.3) is 0 Å². The summed E-state index contributed by atoms with van der Waals surface area (Å²) < 4.78 is 1.91. The summed E-state index contributed by atoms with van der Waals surface area (Å²) in [7, 11) is 1.91. The topological polar surface area (TPSA) is 22.0 Å². The van der Waals surface area contributed by atoms with E-state index >= 15 is 0 Å². The molecule has 0 unspecified atom stereocenters. The normalized spacial score (nSPS) is 10.6. The molecule has 13 heavy (non-hydrogen) atoms. The van der Waals surface area contributed by atoms with Crippen molar-refractivity contribution in [2.24, 2.45) is 7.05 Å². The van der Waals surface area contributed by atoms with Gasteiger partial charge in [-0.05, 0) is 24.6 Å². The van der Waals surface area contributed by atoms with Gasteiger partial charge in [0.05, 0.1) is 5.69 Å². The molecule has 2 nitrogen and oxygen atoms in total. The lowest BCUT2D eigenvalue weighted by Crippen LogP contribution is -1.92. The molecule has 0 fully saturated rings. The SMILES string of the molecule is Cc1cccc2c1cc(C=O)n2C. The van der Waals surface area contributed by atoms with Gasteiger partial charge in [-0.25, -0.2) is 0 Å². The number of carbonyl (C=O) groups is 1. The Morgan fingerprint density at radius 3 is 2.77 bits per heavy atom. The third-order valence-corrected chi connectivity index (χ3v) is 2.46. The Bertz CT molecular complexity index is 468. The maximum absolute atomic E-state index is 10.7. The summed E-state index contributed by atoms with van der Waals surface area (Å²) in [5, 5.41) is 1.16. The Morgan fingerprint density at radius 1 is 1.38 bits per heavy atom. The van der Waals surface area contributed by atoms with E-state index in [0.717, 1.165) is 22.9 Å². The number of fused-ring (bicyclic) bond motifs is 1. The molecule has 0 aliphatic heterocycles.